The largest absolute Gasteiger partial charge is 0.494 e. The molecule has 0 unspecified atom stereocenters. The number of aromatic amines is 1. The number of fused-ring (bicyclic) bond motifs is 1. The van der Waals surface area contributed by atoms with E-state index in [0.717, 1.165) is 33.2 Å². The fourth-order valence-corrected chi connectivity index (χ4v) is 6.25. The number of H-pyrrole nitrogens is 1. The van der Waals surface area contributed by atoms with Crippen molar-refractivity contribution in [1.82, 2.24) is 15.6 Å². The Morgan fingerprint density at radius 1 is 1.04 bits per heavy atom. The summed E-state index contributed by atoms with van der Waals surface area (Å²) in [5.41, 5.74) is 3.86. The number of amides is 2. The van der Waals surface area contributed by atoms with Gasteiger partial charge in [0, 0.05) is 48.5 Å². The fourth-order valence-electron chi connectivity index (χ4n) is 6.25. The highest BCUT2D eigenvalue weighted by Gasteiger charge is 2.31. The third kappa shape index (κ3) is 7.06. The SMILES string of the molecule is C=C1OCC/C1=C\[C@H](C[C@@H]1CCNC1=O)NC(=O)[C@@H](CC(=O)c1ccc(-c2cccc3ccccc23)[nH]1)Cc1ccc(F)cc1. The van der Waals surface area contributed by atoms with Crippen molar-refractivity contribution >= 4 is 28.4 Å². The third-order valence-corrected chi connectivity index (χ3v) is 8.70. The zero-order chi connectivity index (χ0) is 31.3. The second-order valence-electron chi connectivity index (χ2n) is 11.8. The van der Waals surface area contributed by atoms with Crippen LogP contribution in [0.25, 0.3) is 22.0 Å². The van der Waals surface area contributed by atoms with Crippen molar-refractivity contribution in [1.29, 1.82) is 0 Å². The summed E-state index contributed by atoms with van der Waals surface area (Å²) in [5.74, 6) is -1.30. The number of carbonyl (C=O) groups is 3. The molecule has 3 aromatic carbocycles. The van der Waals surface area contributed by atoms with E-state index in [-0.39, 0.29) is 42.2 Å². The van der Waals surface area contributed by atoms with Crippen molar-refractivity contribution in [3.05, 3.63) is 120 Å². The first-order valence-electron chi connectivity index (χ1n) is 15.4. The topological polar surface area (TPSA) is 100 Å². The molecule has 2 aliphatic rings. The minimum Gasteiger partial charge on any atom is -0.494 e. The molecule has 0 aliphatic carbocycles. The molecule has 3 atom stereocenters. The first-order valence-corrected chi connectivity index (χ1v) is 15.4. The van der Waals surface area contributed by atoms with Gasteiger partial charge in [-0.25, -0.2) is 4.39 Å². The number of ether oxygens (including phenoxy) is 1. The maximum atomic E-state index is 13.9. The molecule has 0 saturated carbocycles. The van der Waals surface area contributed by atoms with Crippen LogP contribution in [0.4, 0.5) is 4.39 Å². The van der Waals surface area contributed by atoms with Crippen LogP contribution in [0.1, 0.15) is 41.7 Å². The number of hydrogen-bond acceptors (Lipinski definition) is 4. The molecule has 6 rings (SSSR count). The van der Waals surface area contributed by atoms with Gasteiger partial charge in [0.15, 0.2) is 5.78 Å². The molecule has 230 valence electrons. The molecule has 0 bridgehead atoms. The summed E-state index contributed by atoms with van der Waals surface area (Å²) in [5, 5.41) is 8.16. The van der Waals surface area contributed by atoms with E-state index in [4.69, 9.17) is 4.74 Å². The molecule has 8 heteroatoms. The van der Waals surface area contributed by atoms with Gasteiger partial charge >= 0.3 is 0 Å². The van der Waals surface area contributed by atoms with Crippen LogP contribution in [0, 0.1) is 17.7 Å². The Balaban J connectivity index is 1.24. The average Bonchev–Trinajstić information content (AvgIpc) is 3.80. The van der Waals surface area contributed by atoms with Crippen LogP contribution >= 0.6 is 0 Å². The fraction of sp³-hybridized carbons (Fsp3) is 0.270. The molecule has 3 heterocycles. The van der Waals surface area contributed by atoms with Gasteiger partial charge in [-0.2, -0.15) is 0 Å². The average molecular weight is 606 g/mol. The highest BCUT2D eigenvalue weighted by atomic mass is 19.1. The molecule has 2 aliphatic heterocycles. The molecule has 2 saturated heterocycles. The molecule has 1 aromatic heterocycles. The highest BCUT2D eigenvalue weighted by Crippen LogP contribution is 2.29. The lowest BCUT2D eigenvalue weighted by Crippen LogP contribution is -2.41. The van der Waals surface area contributed by atoms with E-state index in [1.54, 1.807) is 18.2 Å². The first-order chi connectivity index (χ1) is 21.8. The van der Waals surface area contributed by atoms with Gasteiger partial charge in [0.1, 0.15) is 11.6 Å². The Labute approximate surface area is 261 Å². The summed E-state index contributed by atoms with van der Waals surface area (Å²) in [4.78, 5) is 43.3. The highest BCUT2D eigenvalue weighted by molar-refractivity contribution is 6.00. The zero-order valence-corrected chi connectivity index (χ0v) is 25.0. The lowest BCUT2D eigenvalue weighted by molar-refractivity contribution is -0.126. The van der Waals surface area contributed by atoms with Crippen LogP contribution in [0.15, 0.2) is 103 Å². The van der Waals surface area contributed by atoms with Crippen LogP contribution in [0.3, 0.4) is 0 Å². The summed E-state index contributed by atoms with van der Waals surface area (Å²) in [6.07, 6.45) is 3.91. The Morgan fingerprint density at radius 2 is 1.84 bits per heavy atom. The van der Waals surface area contributed by atoms with E-state index in [2.05, 4.69) is 22.2 Å². The van der Waals surface area contributed by atoms with Crippen molar-refractivity contribution in [3.63, 3.8) is 0 Å². The lowest BCUT2D eigenvalue weighted by atomic mass is 9.91. The number of Topliss-reactive ketones (excluding diaryl/α,β-unsaturated/α-hetero) is 1. The Kier molecular flexibility index (Phi) is 8.91. The van der Waals surface area contributed by atoms with Crippen molar-refractivity contribution in [3.8, 4) is 11.3 Å². The van der Waals surface area contributed by atoms with Gasteiger partial charge < -0.3 is 20.4 Å². The van der Waals surface area contributed by atoms with Crippen molar-refractivity contribution in [2.75, 3.05) is 13.2 Å². The maximum Gasteiger partial charge on any atom is 0.224 e. The van der Waals surface area contributed by atoms with Crippen LogP contribution in [0.2, 0.25) is 0 Å². The Morgan fingerprint density at radius 3 is 2.60 bits per heavy atom. The van der Waals surface area contributed by atoms with Crippen LogP contribution in [-0.4, -0.2) is 41.8 Å². The third-order valence-electron chi connectivity index (χ3n) is 8.70. The zero-order valence-electron chi connectivity index (χ0n) is 25.0. The molecule has 0 spiro atoms. The normalized spacial score (nSPS) is 18.5. The number of carbonyl (C=O) groups excluding carboxylic acids is 3. The quantitative estimate of drug-likeness (QED) is 0.175. The summed E-state index contributed by atoms with van der Waals surface area (Å²) < 4.78 is 19.2. The predicted molar refractivity (Wildman–Crippen MR) is 172 cm³/mol. The van der Waals surface area contributed by atoms with E-state index < -0.39 is 12.0 Å². The van der Waals surface area contributed by atoms with Gasteiger partial charge in [-0.3, -0.25) is 14.4 Å². The standard InChI is InChI=1S/C37H36FN3O4/c1-23-26(16-18-45-23)20-30(21-27-15-17-39-36(27)43)40-37(44)28(19-24-9-11-29(38)12-10-24)22-35(42)34-14-13-33(41-34)32-8-4-6-25-5-2-3-7-31(25)32/h2-14,20,27-28,30,41H,1,15-19,21-22H2,(H,39,43)(H,40,44)/b26-20+/t27-,28+,30+/m0/s1. The summed E-state index contributed by atoms with van der Waals surface area (Å²) in [6.45, 7) is 5.09. The van der Waals surface area contributed by atoms with Crippen molar-refractivity contribution in [2.24, 2.45) is 11.8 Å². The second-order valence-corrected chi connectivity index (χ2v) is 11.8. The number of nitrogens with one attached hydrogen (secondary N) is 3. The van der Waals surface area contributed by atoms with Gasteiger partial charge in [0.05, 0.1) is 12.3 Å². The number of hydrogen-bond donors (Lipinski definition) is 3. The minimum absolute atomic E-state index is 0.0269. The molecule has 4 aromatic rings. The number of halogens is 1. The summed E-state index contributed by atoms with van der Waals surface area (Å²) in [7, 11) is 0. The second kappa shape index (κ2) is 13.3. The minimum atomic E-state index is -0.728. The van der Waals surface area contributed by atoms with Crippen LogP contribution in [-0.2, 0) is 20.7 Å². The molecule has 7 nitrogen and oxygen atoms in total. The molecule has 0 radical (unpaired) electrons. The lowest BCUT2D eigenvalue weighted by Gasteiger charge is -2.23. The Bertz CT molecular complexity index is 1770. The van der Waals surface area contributed by atoms with Crippen molar-refractivity contribution in [2.45, 2.75) is 38.1 Å². The maximum absolute atomic E-state index is 13.9. The van der Waals surface area contributed by atoms with Gasteiger partial charge in [0.2, 0.25) is 11.8 Å². The Hall–Kier alpha value is -4.98. The monoisotopic (exact) mass is 605 g/mol. The summed E-state index contributed by atoms with van der Waals surface area (Å²) in [6, 6.07) is 23.3. The van der Waals surface area contributed by atoms with E-state index in [9.17, 15) is 18.8 Å². The molecule has 3 N–H and O–H groups in total. The summed E-state index contributed by atoms with van der Waals surface area (Å²) >= 11 is 0. The van der Waals surface area contributed by atoms with Gasteiger partial charge in [-0.05, 0) is 65.4 Å². The van der Waals surface area contributed by atoms with E-state index in [0.29, 0.717) is 43.9 Å². The molecular weight excluding hydrogens is 569 g/mol. The predicted octanol–water partition coefficient (Wildman–Crippen LogP) is 6.28. The van der Waals surface area contributed by atoms with Gasteiger partial charge in [0.25, 0.3) is 0 Å². The van der Waals surface area contributed by atoms with E-state index in [1.807, 2.05) is 54.6 Å². The van der Waals surface area contributed by atoms with Gasteiger partial charge in [-0.1, -0.05) is 67.3 Å². The molecule has 2 fully saturated rings. The van der Waals surface area contributed by atoms with E-state index >= 15 is 0 Å². The van der Waals surface area contributed by atoms with Crippen LogP contribution < -0.4 is 10.6 Å². The van der Waals surface area contributed by atoms with Crippen LogP contribution in [0.5, 0.6) is 0 Å². The molecule has 2 amide bonds. The number of benzene rings is 3. The number of ketones is 1. The molecule has 45 heavy (non-hydrogen) atoms. The van der Waals surface area contributed by atoms with Gasteiger partial charge in [-0.15, -0.1) is 0 Å². The number of rotatable bonds is 11. The number of aromatic nitrogens is 1. The smallest absolute Gasteiger partial charge is 0.224 e. The molecular formula is C37H36FN3O4. The first kappa shape index (κ1) is 30.1. The van der Waals surface area contributed by atoms with Crippen molar-refractivity contribution < 1.29 is 23.5 Å². The van der Waals surface area contributed by atoms with E-state index in [1.165, 1.54) is 12.1 Å². The number of allylic oxidation sites excluding steroid dienone is 1.